The van der Waals surface area contributed by atoms with Crippen LogP contribution in [-0.4, -0.2) is 15.6 Å². The van der Waals surface area contributed by atoms with Crippen LogP contribution in [0.25, 0.3) is 10.9 Å². The lowest BCUT2D eigenvalue weighted by Crippen LogP contribution is -2.05. The molecule has 0 atom stereocenters. The molecule has 0 spiro atoms. The molecule has 0 aliphatic rings. The van der Waals surface area contributed by atoms with Crippen molar-refractivity contribution in [2.45, 2.75) is 40.2 Å². The predicted octanol–water partition coefficient (Wildman–Crippen LogP) is 3.62. The molecule has 2 aromatic rings. The molecule has 0 radical (unpaired) electrons. The van der Waals surface area contributed by atoms with Gasteiger partial charge in [0.2, 0.25) is 0 Å². The van der Waals surface area contributed by atoms with E-state index in [2.05, 4.69) is 24.6 Å². The van der Waals surface area contributed by atoms with Crippen LogP contribution < -0.4 is 0 Å². The fraction of sp³-hybridized carbons (Fsp3) is 0.400. The number of carbonyl (C=O) groups is 1. The summed E-state index contributed by atoms with van der Waals surface area (Å²) in [7, 11) is 0. The topological polar surface area (TPSA) is 42.2 Å². The van der Waals surface area contributed by atoms with Gasteiger partial charge in [-0.05, 0) is 30.9 Å². The van der Waals surface area contributed by atoms with Crippen molar-refractivity contribution >= 4 is 16.9 Å². The van der Waals surface area contributed by atoms with Crippen LogP contribution in [-0.2, 0) is 13.0 Å². The molecule has 0 saturated heterocycles. The molecule has 0 fully saturated rings. The molecule has 1 aromatic carbocycles. The van der Waals surface area contributed by atoms with E-state index in [0.717, 1.165) is 35.9 Å². The number of fused-ring (bicyclic) bond motifs is 1. The molecule has 0 bridgehead atoms. The van der Waals surface area contributed by atoms with Crippen molar-refractivity contribution in [1.82, 2.24) is 4.57 Å². The number of rotatable bonds is 4. The second-order valence-corrected chi connectivity index (χ2v) is 4.66. The SMILES string of the molecule is CCCn1cc(CC)c2ccc(C)c(C(=O)O)c21. The van der Waals surface area contributed by atoms with E-state index in [1.807, 2.05) is 19.1 Å². The summed E-state index contributed by atoms with van der Waals surface area (Å²) in [6.07, 6.45) is 4.02. The van der Waals surface area contributed by atoms with Crippen LogP contribution >= 0.6 is 0 Å². The molecule has 1 N–H and O–H groups in total. The molecule has 1 heterocycles. The van der Waals surface area contributed by atoms with E-state index in [4.69, 9.17) is 0 Å². The Morgan fingerprint density at radius 1 is 1.33 bits per heavy atom. The van der Waals surface area contributed by atoms with Gasteiger partial charge in [-0.2, -0.15) is 0 Å². The van der Waals surface area contributed by atoms with Crippen molar-refractivity contribution in [1.29, 1.82) is 0 Å². The first-order valence-corrected chi connectivity index (χ1v) is 6.44. The van der Waals surface area contributed by atoms with Crippen molar-refractivity contribution in [3.05, 3.63) is 35.0 Å². The molecule has 0 aliphatic heterocycles. The molecule has 2 rings (SSSR count). The lowest BCUT2D eigenvalue weighted by Gasteiger charge is -2.08. The minimum atomic E-state index is -0.837. The number of hydrogen-bond acceptors (Lipinski definition) is 1. The van der Waals surface area contributed by atoms with Gasteiger partial charge in [-0.3, -0.25) is 0 Å². The second kappa shape index (κ2) is 4.84. The Morgan fingerprint density at radius 3 is 2.61 bits per heavy atom. The Hall–Kier alpha value is -1.77. The zero-order valence-corrected chi connectivity index (χ0v) is 11.2. The normalized spacial score (nSPS) is 11.1. The van der Waals surface area contributed by atoms with E-state index in [0.29, 0.717) is 5.56 Å². The number of carboxylic acids is 1. The lowest BCUT2D eigenvalue weighted by atomic mass is 10.0. The number of benzene rings is 1. The van der Waals surface area contributed by atoms with Crippen molar-refractivity contribution in [2.75, 3.05) is 0 Å². The maximum Gasteiger partial charge on any atom is 0.338 e. The third-order valence-corrected chi connectivity index (χ3v) is 3.39. The summed E-state index contributed by atoms with van der Waals surface area (Å²) in [5.41, 5.74) is 3.37. The molecular formula is C15H19NO2. The van der Waals surface area contributed by atoms with Crippen LogP contribution in [0.5, 0.6) is 0 Å². The molecule has 0 unspecified atom stereocenters. The van der Waals surface area contributed by atoms with Crippen LogP contribution in [0.2, 0.25) is 0 Å². The van der Waals surface area contributed by atoms with Gasteiger partial charge in [0, 0.05) is 18.1 Å². The highest BCUT2D eigenvalue weighted by Gasteiger charge is 2.17. The smallest absolute Gasteiger partial charge is 0.338 e. The van der Waals surface area contributed by atoms with Crippen LogP contribution in [0, 0.1) is 6.92 Å². The summed E-state index contributed by atoms with van der Waals surface area (Å²) >= 11 is 0. The van der Waals surface area contributed by atoms with Crippen molar-refractivity contribution in [3.8, 4) is 0 Å². The Morgan fingerprint density at radius 2 is 2.06 bits per heavy atom. The van der Waals surface area contributed by atoms with Crippen molar-refractivity contribution in [3.63, 3.8) is 0 Å². The van der Waals surface area contributed by atoms with E-state index in [1.165, 1.54) is 5.56 Å². The average Bonchev–Trinajstić information content (AvgIpc) is 2.67. The maximum atomic E-state index is 11.5. The van der Waals surface area contributed by atoms with Gasteiger partial charge in [0.25, 0.3) is 0 Å². The van der Waals surface area contributed by atoms with Gasteiger partial charge in [-0.15, -0.1) is 0 Å². The zero-order chi connectivity index (χ0) is 13.3. The first-order chi connectivity index (χ1) is 8.60. The second-order valence-electron chi connectivity index (χ2n) is 4.66. The van der Waals surface area contributed by atoms with Gasteiger partial charge >= 0.3 is 5.97 Å². The van der Waals surface area contributed by atoms with E-state index >= 15 is 0 Å². The standard InChI is InChI=1S/C15H19NO2/c1-4-8-16-9-11(5-2)12-7-6-10(3)13(14(12)16)15(17)18/h6-7,9H,4-5,8H2,1-3H3,(H,17,18). The van der Waals surface area contributed by atoms with Crippen LogP contribution in [0.15, 0.2) is 18.3 Å². The summed E-state index contributed by atoms with van der Waals surface area (Å²) in [5.74, 6) is -0.837. The number of aromatic nitrogens is 1. The molecule has 0 saturated carbocycles. The highest BCUT2D eigenvalue weighted by molar-refractivity contribution is 6.04. The summed E-state index contributed by atoms with van der Waals surface area (Å²) < 4.78 is 2.09. The predicted molar refractivity (Wildman–Crippen MR) is 73.3 cm³/mol. The summed E-state index contributed by atoms with van der Waals surface area (Å²) in [4.78, 5) is 11.5. The maximum absolute atomic E-state index is 11.5. The molecule has 3 heteroatoms. The summed E-state index contributed by atoms with van der Waals surface area (Å²) in [6, 6.07) is 3.95. The monoisotopic (exact) mass is 245 g/mol. The molecule has 96 valence electrons. The molecule has 3 nitrogen and oxygen atoms in total. The van der Waals surface area contributed by atoms with E-state index in [-0.39, 0.29) is 0 Å². The average molecular weight is 245 g/mol. The van der Waals surface area contributed by atoms with E-state index in [1.54, 1.807) is 0 Å². The van der Waals surface area contributed by atoms with E-state index in [9.17, 15) is 9.90 Å². The highest BCUT2D eigenvalue weighted by atomic mass is 16.4. The molecular weight excluding hydrogens is 226 g/mol. The first-order valence-electron chi connectivity index (χ1n) is 6.44. The van der Waals surface area contributed by atoms with Crippen LogP contribution in [0.3, 0.4) is 0 Å². The zero-order valence-electron chi connectivity index (χ0n) is 11.2. The third kappa shape index (κ3) is 1.90. The third-order valence-electron chi connectivity index (χ3n) is 3.39. The van der Waals surface area contributed by atoms with Gasteiger partial charge in [-0.1, -0.05) is 26.0 Å². The summed E-state index contributed by atoms with van der Waals surface area (Å²) in [5, 5.41) is 10.5. The first kappa shape index (κ1) is 12.7. The Kier molecular flexibility index (Phi) is 3.41. The highest BCUT2D eigenvalue weighted by Crippen LogP contribution is 2.28. The van der Waals surface area contributed by atoms with Gasteiger partial charge in [0.05, 0.1) is 11.1 Å². The van der Waals surface area contributed by atoms with Gasteiger partial charge < -0.3 is 9.67 Å². The molecule has 0 aliphatic carbocycles. The van der Waals surface area contributed by atoms with E-state index < -0.39 is 5.97 Å². The fourth-order valence-electron chi connectivity index (χ4n) is 2.54. The fourth-order valence-corrected chi connectivity index (χ4v) is 2.54. The van der Waals surface area contributed by atoms with Crippen molar-refractivity contribution < 1.29 is 9.90 Å². The largest absolute Gasteiger partial charge is 0.478 e. The lowest BCUT2D eigenvalue weighted by molar-refractivity contribution is 0.0698. The van der Waals surface area contributed by atoms with Gasteiger partial charge in [-0.25, -0.2) is 4.79 Å². The number of aryl methyl sites for hydroxylation is 3. The molecule has 18 heavy (non-hydrogen) atoms. The molecule has 1 aromatic heterocycles. The summed E-state index contributed by atoms with van der Waals surface area (Å²) in [6.45, 7) is 6.93. The Bertz CT molecular complexity index is 596. The van der Waals surface area contributed by atoms with Crippen LogP contribution in [0.4, 0.5) is 0 Å². The number of nitrogens with zero attached hydrogens (tertiary/aromatic N) is 1. The van der Waals surface area contributed by atoms with Gasteiger partial charge in [0.1, 0.15) is 0 Å². The Balaban J connectivity index is 2.84. The van der Waals surface area contributed by atoms with Crippen molar-refractivity contribution in [2.24, 2.45) is 0 Å². The minimum absolute atomic E-state index is 0.445. The quantitative estimate of drug-likeness (QED) is 0.893. The number of aromatic carboxylic acids is 1. The number of carboxylic acid groups (broad SMARTS) is 1. The Labute approximate surface area is 107 Å². The van der Waals surface area contributed by atoms with Crippen LogP contribution in [0.1, 0.15) is 41.8 Å². The minimum Gasteiger partial charge on any atom is -0.478 e. The molecule has 0 amide bonds. The number of hydrogen-bond donors (Lipinski definition) is 1. The van der Waals surface area contributed by atoms with Gasteiger partial charge in [0.15, 0.2) is 0 Å².